The number of amides is 1. The van der Waals surface area contributed by atoms with E-state index in [0.29, 0.717) is 21.5 Å². The molecule has 0 spiro atoms. The van der Waals surface area contributed by atoms with Crippen LogP contribution in [0.3, 0.4) is 0 Å². The fourth-order valence-corrected chi connectivity index (χ4v) is 2.40. The minimum atomic E-state index is -0.743. The summed E-state index contributed by atoms with van der Waals surface area (Å²) in [7, 11) is 1.26. The van der Waals surface area contributed by atoms with Crippen LogP contribution in [0.25, 0.3) is 0 Å². The third-order valence-electron chi connectivity index (χ3n) is 2.26. The van der Waals surface area contributed by atoms with Crippen molar-refractivity contribution >= 4 is 52.5 Å². The van der Waals surface area contributed by atoms with Gasteiger partial charge in [0.05, 0.1) is 28.6 Å². The van der Waals surface area contributed by atoms with Crippen molar-refractivity contribution in [3.8, 4) is 0 Å². The summed E-state index contributed by atoms with van der Waals surface area (Å²) in [6.45, 7) is 0. The monoisotopic (exact) mass is 336 g/mol. The molecule has 1 atom stereocenters. The van der Waals surface area contributed by atoms with Crippen molar-refractivity contribution in [1.29, 1.82) is 0 Å². The fraction of sp³-hybridized carbons (Fsp3) is 0.333. The van der Waals surface area contributed by atoms with Crippen molar-refractivity contribution in [2.24, 2.45) is 5.73 Å². The molecular weight excluding hydrogens is 323 g/mol. The second-order valence-corrected chi connectivity index (χ2v) is 5.61. The maximum Gasteiger partial charge on any atom is 0.323 e. The molecule has 0 saturated heterocycles. The van der Waals surface area contributed by atoms with Crippen LogP contribution < -0.4 is 11.1 Å². The van der Waals surface area contributed by atoms with Gasteiger partial charge in [-0.3, -0.25) is 9.59 Å². The Bertz CT molecular complexity index is 500. The maximum atomic E-state index is 11.7. The molecule has 0 aromatic heterocycles. The lowest BCUT2D eigenvalue weighted by Crippen LogP contribution is -2.34. The normalized spacial score (nSPS) is 11.8. The van der Waals surface area contributed by atoms with Crippen molar-refractivity contribution in [1.82, 2.24) is 0 Å². The van der Waals surface area contributed by atoms with E-state index < -0.39 is 12.0 Å². The lowest BCUT2D eigenvalue weighted by Gasteiger charge is -2.10. The minimum Gasteiger partial charge on any atom is -0.468 e. The smallest absolute Gasteiger partial charge is 0.323 e. The summed E-state index contributed by atoms with van der Waals surface area (Å²) in [4.78, 5) is 22.8. The van der Waals surface area contributed by atoms with Gasteiger partial charge in [0.15, 0.2) is 0 Å². The van der Waals surface area contributed by atoms with Gasteiger partial charge in [0.25, 0.3) is 0 Å². The summed E-state index contributed by atoms with van der Waals surface area (Å²) in [5.41, 5.74) is 5.99. The minimum absolute atomic E-state index is 0.146. The topological polar surface area (TPSA) is 81.4 Å². The number of hydrogen-bond donors (Lipinski definition) is 2. The summed E-state index contributed by atoms with van der Waals surface area (Å²) < 4.78 is 4.48. The molecule has 0 bridgehead atoms. The Morgan fingerprint density at radius 1 is 1.45 bits per heavy atom. The maximum absolute atomic E-state index is 11.7. The lowest BCUT2D eigenvalue weighted by atomic mass is 10.3. The number of benzene rings is 1. The molecule has 8 heteroatoms. The first-order valence-electron chi connectivity index (χ1n) is 5.60. The van der Waals surface area contributed by atoms with Gasteiger partial charge in [0, 0.05) is 5.75 Å². The van der Waals surface area contributed by atoms with Crippen LogP contribution in [0.2, 0.25) is 10.0 Å². The van der Waals surface area contributed by atoms with Gasteiger partial charge in [-0.2, -0.15) is 0 Å². The SMILES string of the molecule is COC(=O)C(N)CSCC(=O)Nc1cccc(Cl)c1Cl. The summed E-state index contributed by atoms with van der Waals surface area (Å²) in [5, 5.41) is 3.29. The van der Waals surface area contributed by atoms with Gasteiger partial charge in [0.1, 0.15) is 6.04 Å². The Morgan fingerprint density at radius 3 is 2.80 bits per heavy atom. The third-order valence-corrected chi connectivity index (χ3v) is 4.14. The number of methoxy groups -OCH3 is 1. The average Bonchev–Trinajstić information content (AvgIpc) is 2.42. The van der Waals surface area contributed by atoms with E-state index in [1.165, 1.54) is 18.9 Å². The van der Waals surface area contributed by atoms with Crippen molar-refractivity contribution in [2.75, 3.05) is 23.9 Å². The molecule has 0 saturated carbocycles. The molecule has 1 aromatic rings. The van der Waals surface area contributed by atoms with Gasteiger partial charge in [-0.05, 0) is 12.1 Å². The number of anilines is 1. The number of halogens is 2. The van der Waals surface area contributed by atoms with E-state index in [0.717, 1.165) is 0 Å². The van der Waals surface area contributed by atoms with E-state index in [1.54, 1.807) is 18.2 Å². The molecule has 0 fully saturated rings. The first kappa shape index (κ1) is 17.1. The van der Waals surface area contributed by atoms with Crippen LogP contribution in [0, 0.1) is 0 Å². The van der Waals surface area contributed by atoms with Gasteiger partial charge >= 0.3 is 5.97 Å². The van der Waals surface area contributed by atoms with Crippen LogP contribution in [0.5, 0.6) is 0 Å². The van der Waals surface area contributed by atoms with Gasteiger partial charge in [-0.25, -0.2) is 0 Å². The van der Waals surface area contributed by atoms with Gasteiger partial charge < -0.3 is 15.8 Å². The molecule has 0 aliphatic carbocycles. The number of nitrogens with two attached hydrogens (primary N) is 1. The van der Waals surface area contributed by atoms with E-state index in [2.05, 4.69) is 10.1 Å². The van der Waals surface area contributed by atoms with Gasteiger partial charge in [-0.1, -0.05) is 29.3 Å². The summed E-state index contributed by atoms with van der Waals surface area (Å²) in [6.07, 6.45) is 0. The summed E-state index contributed by atoms with van der Waals surface area (Å²) >= 11 is 13.0. The van der Waals surface area contributed by atoms with E-state index in [9.17, 15) is 9.59 Å². The zero-order chi connectivity index (χ0) is 15.1. The van der Waals surface area contributed by atoms with Crippen molar-refractivity contribution < 1.29 is 14.3 Å². The molecule has 20 heavy (non-hydrogen) atoms. The standard InChI is InChI=1S/C12H14Cl2N2O3S/c1-19-12(18)8(15)5-20-6-10(17)16-9-4-2-3-7(13)11(9)14/h2-4,8H,5-6,15H2,1H3,(H,16,17). The predicted molar refractivity (Wildman–Crippen MR) is 82.4 cm³/mol. The second kappa shape index (κ2) is 8.36. The Hall–Kier alpha value is -0.950. The van der Waals surface area contributed by atoms with E-state index in [4.69, 9.17) is 28.9 Å². The zero-order valence-electron chi connectivity index (χ0n) is 10.7. The number of ether oxygens (including phenoxy) is 1. The number of carbonyl (C=O) groups excluding carboxylic acids is 2. The highest BCUT2D eigenvalue weighted by atomic mass is 35.5. The molecule has 1 amide bonds. The molecule has 3 N–H and O–H groups in total. The van der Waals surface area contributed by atoms with E-state index in [1.807, 2.05) is 0 Å². The first-order chi connectivity index (χ1) is 9.45. The highest BCUT2D eigenvalue weighted by molar-refractivity contribution is 8.00. The van der Waals surface area contributed by atoms with Crippen LogP contribution in [-0.2, 0) is 14.3 Å². The van der Waals surface area contributed by atoms with E-state index in [-0.39, 0.29) is 11.7 Å². The van der Waals surface area contributed by atoms with Crippen LogP contribution in [-0.4, -0.2) is 36.5 Å². The average molecular weight is 337 g/mol. The predicted octanol–water partition coefficient (Wildman–Crippen LogP) is 2.17. The number of rotatable bonds is 6. The number of hydrogen-bond acceptors (Lipinski definition) is 5. The molecule has 1 rings (SSSR count). The molecule has 1 unspecified atom stereocenters. The number of esters is 1. The van der Waals surface area contributed by atoms with E-state index >= 15 is 0 Å². The molecule has 0 aliphatic heterocycles. The fourth-order valence-electron chi connectivity index (χ4n) is 1.28. The number of thioether (sulfide) groups is 1. The number of carbonyl (C=O) groups is 2. The Morgan fingerprint density at radius 2 is 2.15 bits per heavy atom. The van der Waals surface area contributed by atoms with Crippen molar-refractivity contribution in [2.45, 2.75) is 6.04 Å². The van der Waals surface area contributed by atoms with Gasteiger partial charge in [0.2, 0.25) is 5.91 Å². The van der Waals surface area contributed by atoms with Crippen LogP contribution in [0.15, 0.2) is 18.2 Å². The molecular formula is C12H14Cl2N2O3S. The Labute approximate surface area is 131 Å². The zero-order valence-corrected chi connectivity index (χ0v) is 13.0. The largest absolute Gasteiger partial charge is 0.468 e. The first-order valence-corrected chi connectivity index (χ1v) is 7.51. The molecule has 110 valence electrons. The second-order valence-electron chi connectivity index (χ2n) is 3.79. The van der Waals surface area contributed by atoms with Crippen LogP contribution in [0.1, 0.15) is 0 Å². The molecule has 5 nitrogen and oxygen atoms in total. The summed E-state index contributed by atoms with van der Waals surface area (Å²) in [5.74, 6) is -0.316. The van der Waals surface area contributed by atoms with Gasteiger partial charge in [-0.15, -0.1) is 11.8 Å². The van der Waals surface area contributed by atoms with Crippen molar-refractivity contribution in [3.63, 3.8) is 0 Å². The summed E-state index contributed by atoms with van der Waals surface area (Å²) in [6, 6.07) is 4.22. The molecule has 0 aliphatic rings. The molecule has 1 aromatic carbocycles. The lowest BCUT2D eigenvalue weighted by molar-refractivity contribution is -0.141. The van der Waals surface area contributed by atoms with Crippen LogP contribution in [0.4, 0.5) is 5.69 Å². The Kier molecular flexibility index (Phi) is 7.15. The quantitative estimate of drug-likeness (QED) is 0.778. The molecule has 0 heterocycles. The van der Waals surface area contributed by atoms with Crippen LogP contribution >= 0.6 is 35.0 Å². The highest BCUT2D eigenvalue weighted by Gasteiger charge is 2.14. The van der Waals surface area contributed by atoms with Crippen molar-refractivity contribution in [3.05, 3.63) is 28.2 Å². The highest BCUT2D eigenvalue weighted by Crippen LogP contribution is 2.29. The number of nitrogens with one attached hydrogen (secondary N) is 1. The Balaban J connectivity index is 2.41. The third kappa shape index (κ3) is 5.20. The molecule has 0 radical (unpaired) electrons.